The first kappa shape index (κ1) is 30.6. The molecule has 214 valence electrons. The van der Waals surface area contributed by atoms with Crippen LogP contribution in [0.3, 0.4) is 0 Å². The largest absolute Gasteiger partial charge is 0.497 e. The normalized spacial score (nSPS) is 12.1. The minimum absolute atomic E-state index is 0.0692. The predicted octanol–water partition coefficient (Wildman–Crippen LogP) is 4.67. The maximum absolute atomic E-state index is 14.0. The molecule has 0 unspecified atom stereocenters. The van der Waals surface area contributed by atoms with Gasteiger partial charge in [0.25, 0.3) is 10.0 Å². The van der Waals surface area contributed by atoms with E-state index in [4.69, 9.17) is 4.74 Å². The Bertz CT molecular complexity index is 1410. The van der Waals surface area contributed by atoms with Crippen molar-refractivity contribution < 1.29 is 27.1 Å². The van der Waals surface area contributed by atoms with Crippen LogP contribution in [0.25, 0.3) is 0 Å². The fraction of sp³-hybridized carbons (Fsp3) is 0.333. The maximum atomic E-state index is 14.0. The van der Waals surface area contributed by atoms with Crippen molar-refractivity contribution in [1.29, 1.82) is 0 Å². The zero-order chi connectivity index (χ0) is 29.4. The number of rotatable bonds is 12. The van der Waals surface area contributed by atoms with Gasteiger partial charge in [-0.3, -0.25) is 13.9 Å². The monoisotopic (exact) mass is 569 g/mol. The Balaban J connectivity index is 2.06. The topological polar surface area (TPSA) is 96.0 Å². The highest BCUT2D eigenvalue weighted by atomic mass is 32.2. The van der Waals surface area contributed by atoms with E-state index >= 15 is 0 Å². The van der Waals surface area contributed by atoms with Gasteiger partial charge in [0.05, 0.1) is 17.7 Å². The van der Waals surface area contributed by atoms with Gasteiger partial charge in [0.15, 0.2) is 0 Å². The van der Waals surface area contributed by atoms with Gasteiger partial charge in [0.1, 0.15) is 24.2 Å². The number of aryl methyl sites for hydroxylation is 1. The van der Waals surface area contributed by atoms with Crippen LogP contribution in [0.2, 0.25) is 0 Å². The predicted molar refractivity (Wildman–Crippen MR) is 153 cm³/mol. The van der Waals surface area contributed by atoms with E-state index in [1.165, 1.54) is 48.4 Å². The van der Waals surface area contributed by atoms with Crippen molar-refractivity contribution in [3.05, 3.63) is 89.7 Å². The standard InChI is InChI=1S/C30H36FN3O5S/c1-6-28(30(36)32-21(2)3)33(19-23-9-7-8-22(4)18-23)29(35)20-34(25-12-10-24(31)11-13-25)40(37,38)27-16-14-26(39-5)15-17-27/h7-18,21,28H,6,19-20H2,1-5H3,(H,32,36)/t28-/m0/s1. The quantitative estimate of drug-likeness (QED) is 0.342. The highest BCUT2D eigenvalue weighted by Crippen LogP contribution is 2.26. The Morgan fingerprint density at radius 1 is 1.00 bits per heavy atom. The molecule has 0 radical (unpaired) electrons. The van der Waals surface area contributed by atoms with Gasteiger partial charge in [-0.2, -0.15) is 0 Å². The number of sulfonamides is 1. The lowest BCUT2D eigenvalue weighted by Gasteiger charge is -2.33. The van der Waals surface area contributed by atoms with Crippen molar-refractivity contribution in [2.45, 2.75) is 57.6 Å². The van der Waals surface area contributed by atoms with E-state index in [2.05, 4.69) is 5.32 Å². The van der Waals surface area contributed by atoms with E-state index < -0.39 is 34.3 Å². The molecule has 0 saturated carbocycles. The second-order valence-corrected chi connectivity index (χ2v) is 11.6. The Morgan fingerprint density at radius 3 is 2.20 bits per heavy atom. The highest BCUT2D eigenvalue weighted by molar-refractivity contribution is 7.92. The molecule has 40 heavy (non-hydrogen) atoms. The molecule has 0 spiro atoms. The first-order valence-corrected chi connectivity index (χ1v) is 14.5. The summed E-state index contributed by atoms with van der Waals surface area (Å²) >= 11 is 0. The Labute approximate surface area is 235 Å². The molecule has 1 N–H and O–H groups in total. The number of carbonyl (C=O) groups excluding carboxylic acids is 2. The van der Waals surface area contributed by atoms with Crippen LogP contribution in [0.5, 0.6) is 5.75 Å². The molecule has 0 heterocycles. The molecule has 10 heteroatoms. The molecule has 3 aromatic carbocycles. The maximum Gasteiger partial charge on any atom is 0.264 e. The number of nitrogens with zero attached hydrogens (tertiary/aromatic N) is 2. The molecule has 0 bridgehead atoms. The lowest BCUT2D eigenvalue weighted by molar-refractivity contribution is -0.140. The van der Waals surface area contributed by atoms with Gasteiger partial charge in [-0.1, -0.05) is 36.8 Å². The van der Waals surface area contributed by atoms with E-state index in [-0.39, 0.29) is 29.1 Å². The summed E-state index contributed by atoms with van der Waals surface area (Å²) in [4.78, 5) is 28.5. The fourth-order valence-corrected chi connectivity index (χ4v) is 5.73. The minimum Gasteiger partial charge on any atom is -0.497 e. The van der Waals surface area contributed by atoms with Crippen molar-refractivity contribution in [2.24, 2.45) is 0 Å². The summed E-state index contributed by atoms with van der Waals surface area (Å²) < 4.78 is 47.5. The van der Waals surface area contributed by atoms with E-state index in [9.17, 15) is 22.4 Å². The molecule has 8 nitrogen and oxygen atoms in total. The van der Waals surface area contributed by atoms with Crippen LogP contribution in [0.4, 0.5) is 10.1 Å². The zero-order valence-corrected chi connectivity index (χ0v) is 24.2. The molecule has 3 aromatic rings. The van der Waals surface area contributed by atoms with E-state index in [0.717, 1.165) is 27.6 Å². The fourth-order valence-electron chi connectivity index (χ4n) is 4.32. The van der Waals surface area contributed by atoms with E-state index in [1.54, 1.807) is 6.92 Å². The first-order valence-electron chi connectivity index (χ1n) is 13.0. The van der Waals surface area contributed by atoms with Gasteiger partial charge in [-0.05, 0) is 81.3 Å². The zero-order valence-electron chi connectivity index (χ0n) is 23.4. The number of halogens is 1. The molecule has 0 saturated heterocycles. The Kier molecular flexibility index (Phi) is 10.3. The van der Waals surface area contributed by atoms with Gasteiger partial charge in [-0.25, -0.2) is 12.8 Å². The SMILES string of the molecule is CC[C@@H](C(=O)NC(C)C)N(Cc1cccc(C)c1)C(=O)CN(c1ccc(F)cc1)S(=O)(=O)c1ccc(OC)cc1. The molecular formula is C30H36FN3O5S. The molecule has 0 aromatic heterocycles. The lowest BCUT2D eigenvalue weighted by atomic mass is 10.1. The van der Waals surface area contributed by atoms with Gasteiger partial charge in [-0.15, -0.1) is 0 Å². The van der Waals surface area contributed by atoms with Crippen LogP contribution in [0.15, 0.2) is 77.7 Å². The third-order valence-electron chi connectivity index (χ3n) is 6.29. The Hall–Kier alpha value is -3.92. The third-order valence-corrected chi connectivity index (χ3v) is 8.08. The van der Waals surface area contributed by atoms with Crippen molar-refractivity contribution in [3.63, 3.8) is 0 Å². The van der Waals surface area contributed by atoms with E-state index in [0.29, 0.717) is 12.2 Å². The average molecular weight is 570 g/mol. The smallest absolute Gasteiger partial charge is 0.264 e. The van der Waals surface area contributed by atoms with Crippen LogP contribution >= 0.6 is 0 Å². The molecule has 3 rings (SSSR count). The van der Waals surface area contributed by atoms with Gasteiger partial charge >= 0.3 is 0 Å². The summed E-state index contributed by atoms with van der Waals surface area (Å²) in [5.74, 6) is -0.984. The number of nitrogens with one attached hydrogen (secondary N) is 1. The summed E-state index contributed by atoms with van der Waals surface area (Å²) in [7, 11) is -2.80. The van der Waals surface area contributed by atoms with Crippen LogP contribution < -0.4 is 14.4 Å². The lowest BCUT2D eigenvalue weighted by Crippen LogP contribution is -2.53. The molecule has 1 atom stereocenters. The first-order chi connectivity index (χ1) is 19.0. The third kappa shape index (κ3) is 7.59. The second kappa shape index (κ2) is 13.4. The molecule has 0 aliphatic carbocycles. The van der Waals surface area contributed by atoms with Crippen LogP contribution in [0.1, 0.15) is 38.3 Å². The number of ether oxygens (including phenoxy) is 1. The van der Waals surface area contributed by atoms with Crippen LogP contribution in [-0.4, -0.2) is 50.9 Å². The number of hydrogen-bond donors (Lipinski definition) is 1. The van der Waals surface area contributed by atoms with Crippen molar-refractivity contribution in [3.8, 4) is 5.75 Å². The second-order valence-electron chi connectivity index (χ2n) is 9.76. The van der Waals surface area contributed by atoms with Crippen molar-refractivity contribution in [1.82, 2.24) is 10.2 Å². The Morgan fingerprint density at radius 2 is 1.65 bits per heavy atom. The average Bonchev–Trinajstić information content (AvgIpc) is 2.91. The summed E-state index contributed by atoms with van der Waals surface area (Å²) in [6.07, 6.45) is 0.317. The molecule has 0 aliphatic rings. The van der Waals surface area contributed by atoms with Gasteiger partial charge < -0.3 is 15.0 Å². The minimum atomic E-state index is -4.26. The van der Waals surface area contributed by atoms with Crippen LogP contribution in [-0.2, 0) is 26.2 Å². The molecular weight excluding hydrogens is 533 g/mol. The van der Waals surface area contributed by atoms with Crippen molar-refractivity contribution >= 4 is 27.5 Å². The molecule has 0 fully saturated rings. The summed E-state index contributed by atoms with van der Waals surface area (Å²) in [6.45, 7) is 6.88. The summed E-state index contributed by atoms with van der Waals surface area (Å²) in [5, 5.41) is 2.87. The van der Waals surface area contributed by atoms with Crippen LogP contribution in [0, 0.1) is 12.7 Å². The van der Waals surface area contributed by atoms with Crippen molar-refractivity contribution in [2.75, 3.05) is 18.0 Å². The summed E-state index contributed by atoms with van der Waals surface area (Å²) in [5.41, 5.74) is 1.90. The summed E-state index contributed by atoms with van der Waals surface area (Å²) in [6, 6.07) is 17.2. The number of benzene rings is 3. The van der Waals surface area contributed by atoms with Gasteiger partial charge in [0.2, 0.25) is 11.8 Å². The number of carbonyl (C=O) groups is 2. The molecule has 0 aliphatic heterocycles. The van der Waals surface area contributed by atoms with Gasteiger partial charge in [0, 0.05) is 12.6 Å². The number of hydrogen-bond acceptors (Lipinski definition) is 5. The number of methoxy groups -OCH3 is 1. The number of amides is 2. The van der Waals surface area contributed by atoms with E-state index in [1.807, 2.05) is 45.0 Å². The number of anilines is 1. The molecule has 2 amide bonds. The highest BCUT2D eigenvalue weighted by Gasteiger charge is 2.34.